The fourth-order valence-electron chi connectivity index (χ4n) is 4.07. The Labute approximate surface area is 204 Å². The molecule has 2 N–H and O–H groups in total. The molecular formula is C25H31N5O3S. The lowest BCUT2D eigenvalue weighted by atomic mass is 9.98. The Morgan fingerprint density at radius 3 is 2.82 bits per heavy atom. The van der Waals surface area contributed by atoms with Crippen LogP contribution in [0, 0.1) is 0 Å². The molecule has 0 saturated heterocycles. The van der Waals surface area contributed by atoms with Gasteiger partial charge in [-0.1, -0.05) is 12.1 Å². The predicted molar refractivity (Wildman–Crippen MR) is 134 cm³/mol. The minimum atomic E-state index is -0.287. The largest absolute Gasteiger partial charge is 0.472 e. The second-order valence-corrected chi connectivity index (χ2v) is 9.46. The van der Waals surface area contributed by atoms with Gasteiger partial charge in [-0.15, -0.1) is 0 Å². The summed E-state index contributed by atoms with van der Waals surface area (Å²) in [7, 11) is 1.64. The van der Waals surface area contributed by atoms with Crippen LogP contribution in [0.5, 0.6) is 5.88 Å². The number of urea groups is 1. The van der Waals surface area contributed by atoms with Gasteiger partial charge >= 0.3 is 6.03 Å². The van der Waals surface area contributed by atoms with Crippen LogP contribution in [-0.4, -0.2) is 40.6 Å². The molecule has 0 aliphatic heterocycles. The number of hydrogen-bond donors (Lipinski definition) is 2. The van der Waals surface area contributed by atoms with Crippen LogP contribution in [0.15, 0.2) is 47.8 Å². The van der Waals surface area contributed by atoms with E-state index in [4.69, 9.17) is 9.47 Å². The summed E-state index contributed by atoms with van der Waals surface area (Å²) in [6.07, 6.45) is 6.55. The number of nitrogens with one attached hydrogen (secondary N) is 2. The second kappa shape index (κ2) is 10.9. The molecule has 1 atom stereocenters. The molecule has 0 radical (unpaired) electrons. The number of methoxy groups -OCH3 is 1. The smallest absolute Gasteiger partial charge is 0.329 e. The Morgan fingerprint density at radius 2 is 2.06 bits per heavy atom. The van der Waals surface area contributed by atoms with Gasteiger partial charge in [0.15, 0.2) is 0 Å². The number of anilines is 1. The number of aryl methyl sites for hydroxylation is 1. The Balaban J connectivity index is 1.54. The van der Waals surface area contributed by atoms with Gasteiger partial charge in [-0.25, -0.2) is 9.78 Å². The van der Waals surface area contributed by atoms with Gasteiger partial charge in [0.1, 0.15) is 11.1 Å². The van der Waals surface area contributed by atoms with Gasteiger partial charge in [-0.2, -0.15) is 5.10 Å². The van der Waals surface area contributed by atoms with Crippen LogP contribution in [0.1, 0.15) is 44.4 Å². The molecule has 8 nitrogen and oxygen atoms in total. The van der Waals surface area contributed by atoms with Crippen LogP contribution in [0.4, 0.5) is 10.5 Å². The van der Waals surface area contributed by atoms with E-state index in [1.54, 1.807) is 13.3 Å². The number of benzene rings is 1. The van der Waals surface area contributed by atoms with Crippen LogP contribution in [-0.2, 0) is 17.6 Å². The topological polar surface area (TPSA) is 90.3 Å². The van der Waals surface area contributed by atoms with Crippen molar-refractivity contribution in [1.29, 1.82) is 0 Å². The summed E-state index contributed by atoms with van der Waals surface area (Å²) in [5.74, 6) is 0.522. The Kier molecular flexibility index (Phi) is 7.74. The first-order chi connectivity index (χ1) is 16.4. The van der Waals surface area contributed by atoms with Gasteiger partial charge in [-0.3, -0.25) is 9.40 Å². The third kappa shape index (κ3) is 5.71. The van der Waals surface area contributed by atoms with E-state index < -0.39 is 0 Å². The highest BCUT2D eigenvalue weighted by Crippen LogP contribution is 2.38. The molecule has 2 heterocycles. The van der Waals surface area contributed by atoms with Crippen molar-refractivity contribution in [3.8, 4) is 17.0 Å². The SMILES string of the molecule is COCC(C)Oc1cc(-c2ccc3c(c2NC(=O)NSc2ccn(C(C)C)n2)CCC3)ccn1. The highest BCUT2D eigenvalue weighted by atomic mass is 32.2. The van der Waals surface area contributed by atoms with Crippen LogP contribution in [0.3, 0.4) is 0 Å². The van der Waals surface area contributed by atoms with Crippen molar-refractivity contribution in [2.75, 3.05) is 19.0 Å². The van der Waals surface area contributed by atoms with E-state index in [1.807, 2.05) is 36.0 Å². The number of rotatable bonds is 9. The number of carbonyl (C=O) groups excluding carboxylic acids is 1. The van der Waals surface area contributed by atoms with E-state index in [9.17, 15) is 4.79 Å². The first-order valence-corrected chi connectivity index (χ1v) is 12.3. The van der Waals surface area contributed by atoms with Crippen LogP contribution < -0.4 is 14.8 Å². The number of hydrogen-bond acceptors (Lipinski definition) is 6. The highest BCUT2D eigenvalue weighted by Gasteiger charge is 2.21. The molecular weight excluding hydrogens is 450 g/mol. The zero-order chi connectivity index (χ0) is 24.1. The third-order valence-corrected chi connectivity index (χ3v) is 6.37. The summed E-state index contributed by atoms with van der Waals surface area (Å²) in [6.45, 7) is 6.54. The molecule has 1 aliphatic rings. The molecule has 1 unspecified atom stereocenters. The zero-order valence-corrected chi connectivity index (χ0v) is 20.8. The van der Waals surface area contributed by atoms with E-state index in [2.05, 4.69) is 46.1 Å². The summed E-state index contributed by atoms with van der Waals surface area (Å²) in [5.41, 5.74) is 5.18. The lowest BCUT2D eigenvalue weighted by Gasteiger charge is -2.17. The fraction of sp³-hybridized carbons (Fsp3) is 0.400. The number of nitrogens with zero attached hydrogens (tertiary/aromatic N) is 3. The van der Waals surface area contributed by atoms with E-state index >= 15 is 0 Å². The standard InChI is InChI=1S/C25H31N5O3S/c1-16(2)30-13-11-23(28-30)34-29-25(31)27-24-20-7-5-6-18(20)8-9-21(24)19-10-12-26-22(14-19)33-17(3)15-32-4/h8-14,16-17H,5-7,15H2,1-4H3,(H2,27,29,31). The molecule has 34 heavy (non-hydrogen) atoms. The number of amides is 2. The highest BCUT2D eigenvalue weighted by molar-refractivity contribution is 7.97. The van der Waals surface area contributed by atoms with E-state index in [0.717, 1.165) is 41.1 Å². The Hall–Kier alpha value is -3.04. The van der Waals surface area contributed by atoms with Crippen molar-refractivity contribution in [2.24, 2.45) is 0 Å². The molecule has 3 aromatic rings. The van der Waals surface area contributed by atoms with Gasteiger partial charge < -0.3 is 14.8 Å². The molecule has 9 heteroatoms. The summed E-state index contributed by atoms with van der Waals surface area (Å²) in [6, 6.07) is 9.92. The van der Waals surface area contributed by atoms with E-state index in [1.165, 1.54) is 23.1 Å². The summed E-state index contributed by atoms with van der Waals surface area (Å²) >= 11 is 1.20. The van der Waals surface area contributed by atoms with Crippen molar-refractivity contribution < 1.29 is 14.3 Å². The molecule has 180 valence electrons. The van der Waals surface area contributed by atoms with Crippen molar-refractivity contribution >= 4 is 23.7 Å². The van der Waals surface area contributed by atoms with Crippen LogP contribution >= 0.6 is 11.9 Å². The van der Waals surface area contributed by atoms with Gasteiger partial charge in [0.25, 0.3) is 0 Å². The normalized spacial score (nSPS) is 13.6. The number of fused-ring (bicyclic) bond motifs is 1. The summed E-state index contributed by atoms with van der Waals surface area (Å²) in [4.78, 5) is 17.2. The predicted octanol–water partition coefficient (Wildman–Crippen LogP) is 5.26. The Morgan fingerprint density at radius 1 is 1.21 bits per heavy atom. The lowest BCUT2D eigenvalue weighted by Crippen LogP contribution is -2.24. The van der Waals surface area contributed by atoms with Gasteiger partial charge in [0.2, 0.25) is 5.88 Å². The second-order valence-electron chi connectivity index (χ2n) is 8.63. The summed E-state index contributed by atoms with van der Waals surface area (Å²) in [5, 5.41) is 8.31. The van der Waals surface area contributed by atoms with Crippen molar-refractivity contribution in [2.45, 2.75) is 57.2 Å². The molecule has 1 aliphatic carbocycles. The number of aromatic nitrogens is 3. The maximum atomic E-state index is 12.9. The van der Waals surface area contributed by atoms with Crippen LogP contribution in [0.25, 0.3) is 11.1 Å². The lowest BCUT2D eigenvalue weighted by molar-refractivity contribution is 0.0890. The molecule has 2 aromatic heterocycles. The molecule has 1 aromatic carbocycles. The van der Waals surface area contributed by atoms with Crippen molar-refractivity contribution in [1.82, 2.24) is 19.5 Å². The minimum absolute atomic E-state index is 0.118. The van der Waals surface area contributed by atoms with Gasteiger partial charge in [-0.05, 0) is 68.9 Å². The quantitative estimate of drug-likeness (QED) is 0.405. The minimum Gasteiger partial charge on any atom is -0.472 e. The number of pyridine rings is 1. The van der Waals surface area contributed by atoms with Crippen molar-refractivity contribution in [3.05, 3.63) is 53.9 Å². The average molecular weight is 482 g/mol. The molecule has 0 spiro atoms. The maximum Gasteiger partial charge on any atom is 0.329 e. The number of ether oxygens (including phenoxy) is 2. The molecule has 0 saturated carbocycles. The first-order valence-electron chi connectivity index (χ1n) is 11.5. The average Bonchev–Trinajstić information content (AvgIpc) is 3.48. The maximum absolute atomic E-state index is 12.9. The van der Waals surface area contributed by atoms with E-state index in [-0.39, 0.29) is 18.2 Å². The first kappa shape index (κ1) is 24.1. The van der Waals surface area contributed by atoms with Crippen LogP contribution in [0.2, 0.25) is 0 Å². The third-order valence-electron chi connectivity index (χ3n) is 5.65. The molecule has 0 fully saturated rings. The molecule has 2 amide bonds. The van der Waals surface area contributed by atoms with E-state index in [0.29, 0.717) is 12.5 Å². The fourth-order valence-corrected chi connectivity index (χ4v) is 4.58. The van der Waals surface area contributed by atoms with Crippen molar-refractivity contribution in [3.63, 3.8) is 0 Å². The Bertz CT molecular complexity index is 1150. The number of carbonyl (C=O) groups is 1. The van der Waals surface area contributed by atoms with Gasteiger partial charge in [0.05, 0.1) is 12.3 Å². The molecule has 0 bridgehead atoms. The monoisotopic (exact) mass is 481 g/mol. The molecule has 4 rings (SSSR count). The van der Waals surface area contributed by atoms with Gasteiger partial charge in [0, 0.05) is 49.1 Å². The zero-order valence-electron chi connectivity index (χ0n) is 20.0. The summed E-state index contributed by atoms with van der Waals surface area (Å²) < 4.78 is 15.8.